The summed E-state index contributed by atoms with van der Waals surface area (Å²) in [4.78, 5) is 22.9. The number of amides is 2. The molecular weight excluding hydrogens is 314 g/mol. The maximum absolute atomic E-state index is 11.5. The molecule has 0 saturated carbocycles. The van der Waals surface area contributed by atoms with E-state index in [1.165, 1.54) is 0 Å². The van der Waals surface area contributed by atoms with Crippen molar-refractivity contribution in [1.29, 1.82) is 0 Å². The summed E-state index contributed by atoms with van der Waals surface area (Å²) >= 11 is 6.47. The zero-order chi connectivity index (χ0) is 10.3. The summed E-state index contributed by atoms with van der Waals surface area (Å²) < 4.78 is -0.996. The van der Waals surface area contributed by atoms with Gasteiger partial charge in [-0.2, -0.15) is 0 Å². The predicted molar refractivity (Wildman–Crippen MR) is 58.4 cm³/mol. The van der Waals surface area contributed by atoms with Crippen molar-refractivity contribution in [3.63, 3.8) is 0 Å². The Morgan fingerprint density at radius 2 is 1.79 bits per heavy atom. The highest BCUT2D eigenvalue weighted by molar-refractivity contribution is 9.25. The minimum atomic E-state index is -0.996. The second-order valence-corrected chi connectivity index (χ2v) is 6.35. The van der Waals surface area contributed by atoms with Crippen LogP contribution in [0.2, 0.25) is 0 Å². The molecule has 1 aliphatic rings. The van der Waals surface area contributed by atoms with Crippen LogP contribution in [0, 0.1) is 0 Å². The first-order valence-corrected chi connectivity index (χ1v) is 5.45. The number of fused-ring (bicyclic) bond motifs is 1. The highest BCUT2D eigenvalue weighted by Gasteiger charge is 2.42. The van der Waals surface area contributed by atoms with Crippen LogP contribution in [0.3, 0.4) is 0 Å². The van der Waals surface area contributed by atoms with Crippen LogP contribution in [0.5, 0.6) is 0 Å². The van der Waals surface area contributed by atoms with Crippen molar-refractivity contribution in [2.24, 2.45) is 0 Å². The molecule has 0 spiro atoms. The largest absolute Gasteiger partial charge is 0.290 e. The lowest BCUT2D eigenvalue weighted by Crippen LogP contribution is -2.45. The Kier molecular flexibility index (Phi) is 2.23. The van der Waals surface area contributed by atoms with Crippen molar-refractivity contribution in [3.05, 3.63) is 35.4 Å². The van der Waals surface area contributed by atoms with E-state index in [0.29, 0.717) is 11.1 Å². The summed E-state index contributed by atoms with van der Waals surface area (Å²) in [5.74, 6) is -0.763. The molecule has 2 rings (SSSR count). The van der Waals surface area contributed by atoms with Crippen LogP contribution in [-0.2, 0) is 8.03 Å². The smallest absolute Gasteiger partial charge is 0.259 e. The fourth-order valence-electron chi connectivity index (χ4n) is 1.33. The molecule has 1 N–H and O–H groups in total. The third-order valence-electron chi connectivity index (χ3n) is 2.02. The molecule has 0 radical (unpaired) electrons. The van der Waals surface area contributed by atoms with Crippen LogP contribution in [0.25, 0.3) is 0 Å². The first kappa shape index (κ1) is 9.86. The van der Waals surface area contributed by atoms with Gasteiger partial charge < -0.3 is 0 Å². The quantitative estimate of drug-likeness (QED) is 0.586. The topological polar surface area (TPSA) is 46.2 Å². The van der Waals surface area contributed by atoms with Crippen LogP contribution in [0.1, 0.15) is 15.9 Å². The van der Waals surface area contributed by atoms with Crippen molar-refractivity contribution in [3.8, 4) is 0 Å². The van der Waals surface area contributed by atoms with Gasteiger partial charge in [0.25, 0.3) is 11.8 Å². The third-order valence-corrected chi connectivity index (χ3v) is 3.60. The van der Waals surface area contributed by atoms with E-state index in [1.807, 2.05) is 0 Å². The van der Waals surface area contributed by atoms with Gasteiger partial charge in [-0.15, -0.1) is 0 Å². The average molecular weight is 319 g/mol. The van der Waals surface area contributed by atoms with E-state index in [1.54, 1.807) is 24.3 Å². The fraction of sp³-hybridized carbons (Fsp3) is 0.111. The monoisotopic (exact) mass is 317 g/mol. The number of halogens is 2. The van der Waals surface area contributed by atoms with Crippen molar-refractivity contribution < 1.29 is 9.59 Å². The first-order chi connectivity index (χ1) is 6.53. The molecule has 1 heterocycles. The van der Waals surface area contributed by atoms with Crippen LogP contribution in [0.15, 0.2) is 24.3 Å². The second kappa shape index (κ2) is 3.17. The van der Waals surface area contributed by atoms with E-state index < -0.39 is 9.14 Å². The van der Waals surface area contributed by atoms with E-state index in [9.17, 15) is 9.59 Å². The molecule has 0 unspecified atom stereocenters. The number of hydrogen-bond donors (Lipinski definition) is 1. The van der Waals surface area contributed by atoms with Crippen LogP contribution >= 0.6 is 31.9 Å². The first-order valence-electron chi connectivity index (χ1n) is 3.86. The number of rotatable bonds is 0. The standard InChI is InChI=1S/C9H5Br2NO2/c10-9(11)6-4-2-1-3-5(6)7(13)12-8(9)14/h1-4H,(H,12,13,14). The summed E-state index contributed by atoms with van der Waals surface area (Å²) in [7, 11) is 0. The molecule has 0 atom stereocenters. The summed E-state index contributed by atoms with van der Waals surface area (Å²) in [6.45, 7) is 0. The Morgan fingerprint density at radius 3 is 2.50 bits per heavy atom. The summed E-state index contributed by atoms with van der Waals surface area (Å²) in [6.07, 6.45) is 0. The number of imide groups is 1. The highest BCUT2D eigenvalue weighted by atomic mass is 79.9. The van der Waals surface area contributed by atoms with E-state index in [4.69, 9.17) is 0 Å². The van der Waals surface area contributed by atoms with Crippen LogP contribution in [0.4, 0.5) is 0 Å². The van der Waals surface area contributed by atoms with Gasteiger partial charge in [-0.3, -0.25) is 14.9 Å². The maximum Gasteiger partial charge on any atom is 0.259 e. The summed E-state index contributed by atoms with van der Waals surface area (Å²) in [6, 6.07) is 6.94. The molecule has 1 aliphatic heterocycles. The van der Waals surface area contributed by atoms with Crippen LogP contribution in [-0.4, -0.2) is 11.8 Å². The Morgan fingerprint density at radius 1 is 1.14 bits per heavy atom. The van der Waals surface area contributed by atoms with Crippen molar-refractivity contribution in [1.82, 2.24) is 5.32 Å². The SMILES string of the molecule is O=C1NC(=O)C(Br)(Br)c2ccccc21. The van der Waals surface area contributed by atoms with E-state index in [-0.39, 0.29) is 5.91 Å². The van der Waals surface area contributed by atoms with Gasteiger partial charge in [-0.1, -0.05) is 50.1 Å². The van der Waals surface area contributed by atoms with E-state index in [2.05, 4.69) is 37.2 Å². The number of carbonyl (C=O) groups excluding carboxylic acids is 2. The Labute approximate surface area is 97.1 Å². The Hall–Kier alpha value is -0.680. The molecule has 0 saturated heterocycles. The second-order valence-electron chi connectivity index (χ2n) is 2.90. The van der Waals surface area contributed by atoms with E-state index >= 15 is 0 Å². The van der Waals surface area contributed by atoms with Gasteiger partial charge in [0.05, 0.1) is 0 Å². The maximum atomic E-state index is 11.5. The van der Waals surface area contributed by atoms with Crippen molar-refractivity contribution >= 4 is 43.7 Å². The lowest BCUT2D eigenvalue weighted by molar-refractivity contribution is -0.120. The van der Waals surface area contributed by atoms with Gasteiger partial charge in [0, 0.05) is 11.1 Å². The number of hydrogen-bond acceptors (Lipinski definition) is 2. The molecule has 0 aliphatic carbocycles. The zero-order valence-corrected chi connectivity index (χ0v) is 10.1. The average Bonchev–Trinajstić information content (AvgIpc) is 2.16. The normalized spacial score (nSPS) is 18.7. The number of benzene rings is 1. The Bertz CT molecular complexity index is 429. The van der Waals surface area contributed by atoms with Gasteiger partial charge in [0.15, 0.2) is 3.23 Å². The molecule has 0 bridgehead atoms. The molecule has 0 aromatic heterocycles. The minimum absolute atomic E-state index is 0.361. The van der Waals surface area contributed by atoms with Crippen molar-refractivity contribution in [2.75, 3.05) is 0 Å². The molecule has 1 aromatic carbocycles. The zero-order valence-electron chi connectivity index (χ0n) is 6.88. The third kappa shape index (κ3) is 1.31. The van der Waals surface area contributed by atoms with Gasteiger partial charge in [-0.05, 0) is 6.07 Å². The van der Waals surface area contributed by atoms with Crippen LogP contribution < -0.4 is 5.32 Å². The van der Waals surface area contributed by atoms with Crippen molar-refractivity contribution in [2.45, 2.75) is 3.23 Å². The molecule has 14 heavy (non-hydrogen) atoms. The minimum Gasteiger partial charge on any atom is -0.290 e. The number of alkyl halides is 2. The predicted octanol–water partition coefficient (Wildman–Crippen LogP) is 1.90. The lowest BCUT2D eigenvalue weighted by atomic mass is 10.00. The fourth-order valence-corrected chi connectivity index (χ4v) is 2.22. The molecule has 3 nitrogen and oxygen atoms in total. The summed E-state index contributed by atoms with van der Waals surface area (Å²) in [5.41, 5.74) is 1.13. The molecule has 2 amide bonds. The number of carbonyl (C=O) groups is 2. The molecule has 5 heteroatoms. The van der Waals surface area contributed by atoms with Gasteiger partial charge in [-0.25, -0.2) is 0 Å². The van der Waals surface area contributed by atoms with Gasteiger partial charge in [0.1, 0.15) is 0 Å². The molecule has 72 valence electrons. The highest BCUT2D eigenvalue weighted by Crippen LogP contribution is 2.42. The number of nitrogens with one attached hydrogen (secondary N) is 1. The Balaban J connectivity index is 2.69. The van der Waals surface area contributed by atoms with E-state index in [0.717, 1.165) is 0 Å². The summed E-state index contributed by atoms with van der Waals surface area (Å²) in [5, 5.41) is 2.25. The molecule has 1 aromatic rings. The molecule has 0 fully saturated rings. The lowest BCUT2D eigenvalue weighted by Gasteiger charge is -2.26. The van der Waals surface area contributed by atoms with Gasteiger partial charge in [0.2, 0.25) is 0 Å². The van der Waals surface area contributed by atoms with Gasteiger partial charge >= 0.3 is 0 Å². The molecular formula is C9H5Br2NO2.